The number of nitrogens with zero attached hydrogens (tertiary/aromatic N) is 2. The molecule has 2 N–H and O–H groups in total. The Labute approximate surface area is 149 Å². The molecule has 0 radical (unpaired) electrons. The molecular formula is C16H28N4O4S. The smallest absolute Gasteiger partial charge is 0.293 e. The predicted octanol–water partition coefficient (Wildman–Crippen LogP) is 2.28. The number of rotatable bonds is 10. The number of nitro groups is 1. The minimum atomic E-state index is -3.73. The summed E-state index contributed by atoms with van der Waals surface area (Å²) in [4.78, 5) is 12.8. The third-order valence-electron chi connectivity index (χ3n) is 4.50. The monoisotopic (exact) mass is 372 g/mol. The summed E-state index contributed by atoms with van der Waals surface area (Å²) in [5.74, 6) is 0.463. The largest absolute Gasteiger partial charge is 0.378 e. The molecule has 1 rings (SSSR count). The first-order valence-electron chi connectivity index (χ1n) is 8.30. The number of nitro benzene ring substituents is 1. The summed E-state index contributed by atoms with van der Waals surface area (Å²) < 4.78 is 25.9. The SMILES string of the molecule is CCC(CC)[C@@H](CNc1ccc(S(=O)(=O)NC)cc1[N+](=O)[O-])N(C)C. The summed E-state index contributed by atoms with van der Waals surface area (Å²) in [5.41, 5.74) is 0.0660. The zero-order valence-corrected chi connectivity index (χ0v) is 16.3. The van der Waals surface area contributed by atoms with Crippen molar-refractivity contribution in [3.8, 4) is 0 Å². The van der Waals surface area contributed by atoms with Crippen LogP contribution in [0.1, 0.15) is 26.7 Å². The lowest BCUT2D eigenvalue weighted by atomic mass is 9.93. The Morgan fingerprint density at radius 1 is 1.24 bits per heavy atom. The molecule has 1 aromatic rings. The first kappa shape index (κ1) is 21.3. The van der Waals surface area contributed by atoms with E-state index in [-0.39, 0.29) is 16.6 Å². The van der Waals surface area contributed by atoms with Crippen molar-refractivity contribution in [2.45, 2.75) is 37.6 Å². The van der Waals surface area contributed by atoms with E-state index in [2.05, 4.69) is 28.8 Å². The van der Waals surface area contributed by atoms with E-state index < -0.39 is 14.9 Å². The zero-order valence-electron chi connectivity index (χ0n) is 15.4. The molecule has 1 aromatic carbocycles. The maximum Gasteiger partial charge on any atom is 0.293 e. The second kappa shape index (κ2) is 9.12. The molecule has 0 aliphatic rings. The van der Waals surface area contributed by atoms with E-state index in [0.29, 0.717) is 18.2 Å². The second-order valence-electron chi connectivity index (χ2n) is 6.13. The summed E-state index contributed by atoms with van der Waals surface area (Å²) in [7, 11) is 1.52. The van der Waals surface area contributed by atoms with Gasteiger partial charge in [0.2, 0.25) is 10.0 Å². The number of likely N-dealkylation sites (N-methyl/N-ethyl adjacent to an activating group) is 1. The van der Waals surface area contributed by atoms with Gasteiger partial charge in [-0.25, -0.2) is 13.1 Å². The minimum Gasteiger partial charge on any atom is -0.378 e. The predicted molar refractivity (Wildman–Crippen MR) is 99.4 cm³/mol. The third kappa shape index (κ3) is 5.38. The highest BCUT2D eigenvalue weighted by molar-refractivity contribution is 7.89. The van der Waals surface area contributed by atoms with Gasteiger partial charge in [0, 0.05) is 18.7 Å². The van der Waals surface area contributed by atoms with Gasteiger partial charge in [-0.05, 0) is 39.2 Å². The topological polar surface area (TPSA) is 105 Å². The van der Waals surface area contributed by atoms with Crippen molar-refractivity contribution < 1.29 is 13.3 Å². The normalized spacial score (nSPS) is 13.2. The van der Waals surface area contributed by atoms with Crippen LogP contribution in [0.2, 0.25) is 0 Å². The van der Waals surface area contributed by atoms with Gasteiger partial charge in [-0.15, -0.1) is 0 Å². The Bertz CT molecular complexity index is 687. The van der Waals surface area contributed by atoms with E-state index in [9.17, 15) is 18.5 Å². The quantitative estimate of drug-likeness (QED) is 0.482. The summed E-state index contributed by atoms with van der Waals surface area (Å²) in [6.07, 6.45) is 2.03. The van der Waals surface area contributed by atoms with E-state index in [1.165, 1.54) is 19.2 Å². The maximum absolute atomic E-state index is 11.8. The van der Waals surface area contributed by atoms with Crippen LogP contribution in [-0.4, -0.2) is 52.0 Å². The average molecular weight is 372 g/mol. The Kier molecular flexibility index (Phi) is 7.78. The molecule has 0 unspecified atom stereocenters. The molecule has 0 fully saturated rings. The standard InChI is InChI=1S/C16H28N4O4S/c1-6-12(7-2)16(19(4)5)11-18-14-9-8-13(25(23,24)17-3)10-15(14)20(21)22/h8-10,12,16-18H,6-7,11H2,1-5H3/t16-/m1/s1. The number of hydrogen-bond acceptors (Lipinski definition) is 6. The van der Waals surface area contributed by atoms with Crippen LogP contribution in [0.25, 0.3) is 0 Å². The molecule has 0 aliphatic heterocycles. The Morgan fingerprint density at radius 2 is 1.84 bits per heavy atom. The fourth-order valence-corrected chi connectivity index (χ4v) is 3.66. The van der Waals surface area contributed by atoms with Crippen LogP contribution in [0.4, 0.5) is 11.4 Å². The van der Waals surface area contributed by atoms with Crippen LogP contribution < -0.4 is 10.0 Å². The Morgan fingerprint density at radius 3 is 2.28 bits per heavy atom. The average Bonchev–Trinajstić information content (AvgIpc) is 2.57. The number of anilines is 1. The molecule has 0 heterocycles. The van der Waals surface area contributed by atoms with Crippen molar-refractivity contribution in [2.24, 2.45) is 5.92 Å². The number of benzene rings is 1. The Balaban J connectivity index is 3.11. The zero-order chi connectivity index (χ0) is 19.2. The number of nitrogens with one attached hydrogen (secondary N) is 2. The van der Waals surface area contributed by atoms with Gasteiger partial charge in [0.15, 0.2) is 0 Å². The van der Waals surface area contributed by atoms with Gasteiger partial charge in [0.05, 0.1) is 9.82 Å². The van der Waals surface area contributed by atoms with Gasteiger partial charge in [-0.2, -0.15) is 0 Å². The molecule has 8 nitrogen and oxygen atoms in total. The van der Waals surface area contributed by atoms with Gasteiger partial charge >= 0.3 is 0 Å². The Hall–Kier alpha value is -1.71. The molecule has 0 aliphatic carbocycles. The van der Waals surface area contributed by atoms with E-state index in [0.717, 1.165) is 18.9 Å². The van der Waals surface area contributed by atoms with E-state index in [1.54, 1.807) is 0 Å². The molecule has 0 amide bonds. The van der Waals surface area contributed by atoms with E-state index >= 15 is 0 Å². The van der Waals surface area contributed by atoms with Gasteiger partial charge in [-0.3, -0.25) is 10.1 Å². The maximum atomic E-state index is 11.8. The summed E-state index contributed by atoms with van der Waals surface area (Å²) in [6.45, 7) is 4.80. The third-order valence-corrected chi connectivity index (χ3v) is 5.91. The first-order valence-corrected chi connectivity index (χ1v) is 9.78. The molecule has 0 saturated carbocycles. The minimum absolute atomic E-state index is 0.128. The highest BCUT2D eigenvalue weighted by Gasteiger charge is 2.24. The molecule has 0 aromatic heterocycles. The van der Waals surface area contributed by atoms with Crippen LogP contribution >= 0.6 is 0 Å². The lowest BCUT2D eigenvalue weighted by molar-refractivity contribution is -0.384. The number of sulfonamides is 1. The van der Waals surface area contributed by atoms with Crippen molar-refractivity contribution >= 4 is 21.4 Å². The van der Waals surface area contributed by atoms with Gasteiger partial charge in [0.1, 0.15) is 5.69 Å². The van der Waals surface area contributed by atoms with Crippen molar-refractivity contribution in [1.29, 1.82) is 0 Å². The number of hydrogen-bond donors (Lipinski definition) is 2. The van der Waals surface area contributed by atoms with Gasteiger partial charge in [0.25, 0.3) is 5.69 Å². The molecule has 0 saturated heterocycles. The lowest BCUT2D eigenvalue weighted by Gasteiger charge is -2.31. The van der Waals surface area contributed by atoms with Crippen molar-refractivity contribution in [3.05, 3.63) is 28.3 Å². The molecule has 9 heteroatoms. The molecule has 0 spiro atoms. The molecular weight excluding hydrogens is 344 g/mol. The highest BCUT2D eigenvalue weighted by Crippen LogP contribution is 2.28. The summed E-state index contributed by atoms with van der Waals surface area (Å²) in [6, 6.07) is 4.11. The fourth-order valence-electron chi connectivity index (χ4n) is 2.92. The van der Waals surface area contributed by atoms with Crippen molar-refractivity contribution in [1.82, 2.24) is 9.62 Å². The molecule has 0 bridgehead atoms. The van der Waals surface area contributed by atoms with Crippen molar-refractivity contribution in [3.63, 3.8) is 0 Å². The van der Waals surface area contributed by atoms with Crippen molar-refractivity contribution in [2.75, 3.05) is 33.0 Å². The van der Waals surface area contributed by atoms with Crippen LogP contribution in [-0.2, 0) is 10.0 Å². The molecule has 1 atom stereocenters. The van der Waals surface area contributed by atoms with Crippen LogP contribution in [0.3, 0.4) is 0 Å². The second-order valence-corrected chi connectivity index (χ2v) is 8.02. The van der Waals surface area contributed by atoms with Crippen LogP contribution in [0.15, 0.2) is 23.1 Å². The van der Waals surface area contributed by atoms with E-state index in [4.69, 9.17) is 0 Å². The van der Waals surface area contributed by atoms with Crippen LogP contribution in [0.5, 0.6) is 0 Å². The first-order chi connectivity index (χ1) is 11.7. The molecule has 142 valence electrons. The fraction of sp³-hybridized carbons (Fsp3) is 0.625. The molecule has 25 heavy (non-hydrogen) atoms. The highest BCUT2D eigenvalue weighted by atomic mass is 32.2. The summed E-state index contributed by atoms with van der Waals surface area (Å²) in [5, 5.41) is 14.5. The summed E-state index contributed by atoms with van der Waals surface area (Å²) >= 11 is 0. The van der Waals surface area contributed by atoms with Gasteiger partial charge < -0.3 is 10.2 Å². The van der Waals surface area contributed by atoms with Gasteiger partial charge in [-0.1, -0.05) is 26.7 Å². The lowest BCUT2D eigenvalue weighted by Crippen LogP contribution is -2.40. The van der Waals surface area contributed by atoms with Crippen LogP contribution in [0, 0.1) is 16.0 Å². The van der Waals surface area contributed by atoms with E-state index in [1.807, 2.05) is 14.1 Å².